The topological polar surface area (TPSA) is 72.2 Å². The predicted octanol–water partition coefficient (Wildman–Crippen LogP) is 9.45. The maximum Gasteiger partial charge on any atom is 0.314 e. The third-order valence-electron chi connectivity index (χ3n) is 8.14. The second-order valence-corrected chi connectivity index (χ2v) is 11.3. The summed E-state index contributed by atoms with van der Waals surface area (Å²) in [5, 5.41) is 9.87. The maximum absolute atomic E-state index is 12.8. The first-order valence-electron chi connectivity index (χ1n) is 15.4. The molecule has 0 atom stereocenters. The van der Waals surface area contributed by atoms with Gasteiger partial charge in [0.05, 0.1) is 35.9 Å². The highest BCUT2D eigenvalue weighted by atomic mass is 16.5. The number of rotatable bonds is 17. The smallest absolute Gasteiger partial charge is 0.314 e. The third-order valence-corrected chi connectivity index (χ3v) is 8.14. The Bertz CT molecular complexity index is 1000. The monoisotopic (exact) mass is 532 g/mol. The normalized spacial score (nSPS) is 18.8. The highest BCUT2D eigenvalue weighted by Crippen LogP contribution is 2.43. The van der Waals surface area contributed by atoms with Crippen molar-refractivity contribution in [2.24, 2.45) is 11.3 Å². The van der Waals surface area contributed by atoms with Crippen LogP contribution in [0.2, 0.25) is 0 Å². The number of aromatic nitrogens is 1. The van der Waals surface area contributed by atoms with Gasteiger partial charge in [0.15, 0.2) is 0 Å². The molecule has 1 saturated carbocycles. The number of unbranched alkanes of at least 4 members (excludes halogenated alkanes) is 9. The zero-order valence-electron chi connectivity index (χ0n) is 24.3. The summed E-state index contributed by atoms with van der Waals surface area (Å²) in [5.41, 5.74) is 1.56. The molecule has 0 saturated heterocycles. The van der Waals surface area contributed by atoms with Crippen molar-refractivity contribution in [1.82, 2.24) is 4.98 Å². The van der Waals surface area contributed by atoms with Crippen LogP contribution in [0.15, 0.2) is 42.6 Å². The Balaban J connectivity index is 1.41. The molecule has 1 aromatic heterocycles. The fourth-order valence-electron chi connectivity index (χ4n) is 5.49. The molecule has 1 aromatic carbocycles. The molecule has 0 aliphatic heterocycles. The van der Waals surface area contributed by atoms with Gasteiger partial charge in [-0.25, -0.2) is 0 Å². The van der Waals surface area contributed by atoms with E-state index in [-0.39, 0.29) is 17.3 Å². The number of benzene rings is 1. The zero-order valence-corrected chi connectivity index (χ0v) is 24.3. The largest absolute Gasteiger partial charge is 0.492 e. The Kier molecular flexibility index (Phi) is 13.3. The van der Waals surface area contributed by atoms with Gasteiger partial charge in [0.1, 0.15) is 11.5 Å². The van der Waals surface area contributed by atoms with Crippen LogP contribution in [-0.2, 0) is 4.79 Å². The number of pyridine rings is 1. The first kappa shape index (κ1) is 30.7. The standard InChI is InChI=1S/C34H48N2O3/c1-3-5-7-9-10-12-22-34(27-35)23-20-29(21-24-34)33(37)39-30-16-14-28(15-17-30)32-19-18-31(26-36-32)38-25-13-11-8-6-4-2/h14-19,26,29H,3-13,20-25H2,1-2H3. The summed E-state index contributed by atoms with van der Waals surface area (Å²) in [6, 6.07) is 14.0. The van der Waals surface area contributed by atoms with Gasteiger partial charge in [-0.2, -0.15) is 5.26 Å². The molecule has 2 aromatic rings. The number of hydrogen-bond donors (Lipinski definition) is 0. The van der Waals surface area contributed by atoms with Crippen molar-refractivity contribution in [3.63, 3.8) is 0 Å². The van der Waals surface area contributed by atoms with E-state index < -0.39 is 0 Å². The third kappa shape index (κ3) is 10.3. The number of hydrogen-bond acceptors (Lipinski definition) is 5. The van der Waals surface area contributed by atoms with Crippen molar-refractivity contribution in [2.75, 3.05) is 6.61 Å². The average Bonchev–Trinajstić information content (AvgIpc) is 2.98. The molecule has 0 bridgehead atoms. The van der Waals surface area contributed by atoms with E-state index in [9.17, 15) is 10.1 Å². The lowest BCUT2D eigenvalue weighted by Gasteiger charge is -2.34. The average molecular weight is 533 g/mol. The summed E-state index contributed by atoms with van der Waals surface area (Å²) in [6.07, 6.45) is 19.3. The number of carbonyl (C=O) groups excluding carboxylic acids is 1. The van der Waals surface area contributed by atoms with Crippen LogP contribution in [0.4, 0.5) is 0 Å². The molecule has 5 heteroatoms. The van der Waals surface area contributed by atoms with E-state index in [1.807, 2.05) is 36.4 Å². The fourth-order valence-corrected chi connectivity index (χ4v) is 5.49. The Morgan fingerprint density at radius 3 is 2.10 bits per heavy atom. The number of carbonyl (C=O) groups is 1. The summed E-state index contributed by atoms with van der Waals surface area (Å²) < 4.78 is 11.5. The van der Waals surface area contributed by atoms with Crippen molar-refractivity contribution >= 4 is 5.97 Å². The lowest BCUT2D eigenvalue weighted by atomic mass is 9.69. The minimum atomic E-state index is -0.259. The van der Waals surface area contributed by atoms with Crippen molar-refractivity contribution in [2.45, 2.75) is 117 Å². The van der Waals surface area contributed by atoms with E-state index in [4.69, 9.17) is 9.47 Å². The Morgan fingerprint density at radius 2 is 1.49 bits per heavy atom. The van der Waals surface area contributed by atoms with Crippen LogP contribution in [0.3, 0.4) is 0 Å². The van der Waals surface area contributed by atoms with E-state index in [0.717, 1.165) is 68.6 Å². The van der Waals surface area contributed by atoms with Crippen LogP contribution in [0.1, 0.15) is 117 Å². The van der Waals surface area contributed by atoms with Gasteiger partial charge >= 0.3 is 5.97 Å². The van der Waals surface area contributed by atoms with Gasteiger partial charge in [0, 0.05) is 5.56 Å². The quantitative estimate of drug-likeness (QED) is 0.115. The molecule has 0 radical (unpaired) electrons. The molecule has 0 amide bonds. The summed E-state index contributed by atoms with van der Waals surface area (Å²) in [7, 11) is 0. The van der Waals surface area contributed by atoms with E-state index >= 15 is 0 Å². The number of nitrogens with zero attached hydrogens (tertiary/aromatic N) is 2. The summed E-state index contributed by atoms with van der Waals surface area (Å²) in [5.74, 6) is 1.04. The molecule has 0 spiro atoms. The second kappa shape index (κ2) is 17.0. The molecule has 5 nitrogen and oxygen atoms in total. The molecule has 1 aliphatic carbocycles. The van der Waals surface area contributed by atoms with Crippen molar-refractivity contribution in [3.8, 4) is 28.8 Å². The van der Waals surface area contributed by atoms with Crippen LogP contribution in [-0.4, -0.2) is 17.6 Å². The SMILES string of the molecule is CCCCCCCCC1(C#N)CCC(C(=O)Oc2ccc(-c3ccc(OCCCCCCC)cn3)cc2)CC1. The molecule has 3 rings (SSSR count). The first-order chi connectivity index (χ1) is 19.1. The zero-order chi connectivity index (χ0) is 27.8. The molecular formula is C34H48N2O3. The summed E-state index contributed by atoms with van der Waals surface area (Å²) >= 11 is 0. The maximum atomic E-state index is 12.8. The van der Waals surface area contributed by atoms with Crippen LogP contribution in [0, 0.1) is 22.7 Å². The molecule has 0 unspecified atom stereocenters. The van der Waals surface area contributed by atoms with Crippen LogP contribution in [0.5, 0.6) is 11.5 Å². The Hall–Kier alpha value is -2.87. The molecule has 1 aliphatic rings. The predicted molar refractivity (Wildman–Crippen MR) is 158 cm³/mol. The van der Waals surface area contributed by atoms with Gasteiger partial charge in [0.25, 0.3) is 0 Å². The summed E-state index contributed by atoms with van der Waals surface area (Å²) in [6.45, 7) is 5.18. The first-order valence-corrected chi connectivity index (χ1v) is 15.4. The van der Waals surface area contributed by atoms with Crippen LogP contribution >= 0.6 is 0 Å². The van der Waals surface area contributed by atoms with Crippen molar-refractivity contribution in [3.05, 3.63) is 42.6 Å². The lowest BCUT2D eigenvalue weighted by molar-refractivity contribution is -0.140. The van der Waals surface area contributed by atoms with Gasteiger partial charge in [-0.3, -0.25) is 9.78 Å². The number of nitriles is 1. The van der Waals surface area contributed by atoms with Gasteiger partial charge < -0.3 is 9.47 Å². The van der Waals surface area contributed by atoms with E-state index in [0.29, 0.717) is 5.75 Å². The number of esters is 1. The van der Waals surface area contributed by atoms with E-state index in [1.54, 1.807) is 6.20 Å². The highest BCUT2D eigenvalue weighted by molar-refractivity contribution is 5.75. The van der Waals surface area contributed by atoms with Crippen LogP contribution in [0.25, 0.3) is 11.3 Å². The fraction of sp³-hybridized carbons (Fsp3) is 0.618. The molecule has 0 N–H and O–H groups in total. The molecule has 212 valence electrons. The number of ether oxygens (including phenoxy) is 2. The van der Waals surface area contributed by atoms with Gasteiger partial charge in [0.2, 0.25) is 0 Å². The second-order valence-electron chi connectivity index (χ2n) is 11.3. The minimum Gasteiger partial charge on any atom is -0.492 e. The molecule has 1 heterocycles. The Labute approximate surface area is 236 Å². The van der Waals surface area contributed by atoms with Crippen LogP contribution < -0.4 is 9.47 Å². The van der Waals surface area contributed by atoms with E-state index in [1.165, 1.54) is 57.8 Å². The van der Waals surface area contributed by atoms with Gasteiger partial charge in [-0.1, -0.05) is 78.1 Å². The van der Waals surface area contributed by atoms with Gasteiger partial charge in [-0.05, 0) is 74.9 Å². The Morgan fingerprint density at radius 1 is 0.872 bits per heavy atom. The van der Waals surface area contributed by atoms with Crippen molar-refractivity contribution in [1.29, 1.82) is 5.26 Å². The minimum absolute atomic E-state index is 0.128. The van der Waals surface area contributed by atoms with E-state index in [2.05, 4.69) is 24.9 Å². The highest BCUT2D eigenvalue weighted by Gasteiger charge is 2.38. The van der Waals surface area contributed by atoms with Gasteiger partial charge in [-0.15, -0.1) is 0 Å². The lowest BCUT2D eigenvalue weighted by Crippen LogP contribution is -2.31. The van der Waals surface area contributed by atoms with Crippen molar-refractivity contribution < 1.29 is 14.3 Å². The summed E-state index contributed by atoms with van der Waals surface area (Å²) in [4.78, 5) is 17.4. The molecule has 1 fully saturated rings. The molecule has 39 heavy (non-hydrogen) atoms. The molecular weight excluding hydrogens is 484 g/mol.